The summed E-state index contributed by atoms with van der Waals surface area (Å²) in [5.41, 5.74) is 7.88. The zero-order chi connectivity index (χ0) is 23.1. The van der Waals surface area contributed by atoms with Gasteiger partial charge in [0, 0.05) is 17.0 Å². The number of amides is 1. The normalized spacial score (nSPS) is 11.1. The molecule has 5 aromatic rings. The van der Waals surface area contributed by atoms with Crippen molar-refractivity contribution in [2.75, 3.05) is 16.4 Å². The summed E-state index contributed by atoms with van der Waals surface area (Å²) in [6, 6.07) is 10.1. The molecule has 11 heteroatoms. The number of nitrogens with two attached hydrogens (primary N) is 1. The largest absolute Gasteiger partial charge is 0.381 e. The third kappa shape index (κ3) is 3.56. The fourth-order valence-corrected chi connectivity index (χ4v) is 3.70. The highest BCUT2D eigenvalue weighted by molar-refractivity contribution is 6.31. The molecular weight excluding hydrogens is 447 g/mol. The van der Waals surface area contributed by atoms with Crippen molar-refractivity contribution in [2.45, 2.75) is 6.92 Å². The molecule has 0 atom stereocenters. The lowest BCUT2D eigenvalue weighted by Gasteiger charge is -2.15. The SMILES string of the molecule is Cc1ccc2c(Nc3cccc(Cl)c3F)nccc2c1NC(=O)c1cnc2c(N)ncnn12. The Kier molecular flexibility index (Phi) is 4.98. The second-order valence-electron chi connectivity index (χ2n) is 7.22. The van der Waals surface area contributed by atoms with Crippen molar-refractivity contribution in [2.24, 2.45) is 0 Å². The number of carbonyl (C=O) groups is 1. The summed E-state index contributed by atoms with van der Waals surface area (Å²) in [6.07, 6.45) is 4.21. The van der Waals surface area contributed by atoms with Gasteiger partial charge >= 0.3 is 0 Å². The Bertz CT molecular complexity index is 1550. The Hall–Kier alpha value is -4.31. The molecule has 0 radical (unpaired) electrons. The average molecular weight is 463 g/mol. The highest BCUT2D eigenvalue weighted by Crippen LogP contribution is 2.33. The lowest BCUT2D eigenvalue weighted by Crippen LogP contribution is -2.16. The second kappa shape index (κ2) is 7.99. The number of aryl methyl sites for hydroxylation is 1. The zero-order valence-corrected chi connectivity index (χ0v) is 17.9. The fraction of sp³-hybridized carbons (Fsp3) is 0.0455. The number of carbonyl (C=O) groups excluding carboxylic acids is 1. The van der Waals surface area contributed by atoms with Crippen molar-refractivity contribution < 1.29 is 9.18 Å². The highest BCUT2D eigenvalue weighted by atomic mass is 35.5. The maximum Gasteiger partial charge on any atom is 0.276 e. The van der Waals surface area contributed by atoms with Crippen molar-refractivity contribution in [1.29, 1.82) is 0 Å². The number of pyridine rings is 1. The molecule has 1 amide bonds. The number of nitrogens with one attached hydrogen (secondary N) is 2. The van der Waals surface area contributed by atoms with Gasteiger partial charge in [0.2, 0.25) is 0 Å². The van der Waals surface area contributed by atoms with Gasteiger partial charge in [0.25, 0.3) is 5.91 Å². The molecule has 5 rings (SSSR count). The van der Waals surface area contributed by atoms with E-state index in [4.69, 9.17) is 17.3 Å². The number of nitrogen functional groups attached to an aromatic ring is 1. The molecule has 0 fully saturated rings. The Labute approximate surface area is 191 Å². The summed E-state index contributed by atoms with van der Waals surface area (Å²) in [5, 5.41) is 11.4. The summed E-state index contributed by atoms with van der Waals surface area (Å²) in [6.45, 7) is 1.87. The van der Waals surface area contributed by atoms with E-state index in [1.165, 1.54) is 23.1 Å². The van der Waals surface area contributed by atoms with Crippen LogP contribution >= 0.6 is 11.6 Å². The van der Waals surface area contributed by atoms with Gasteiger partial charge in [-0.15, -0.1) is 0 Å². The molecule has 0 spiro atoms. The minimum Gasteiger partial charge on any atom is -0.381 e. The molecule has 0 bridgehead atoms. The highest BCUT2D eigenvalue weighted by Gasteiger charge is 2.18. The number of fused-ring (bicyclic) bond motifs is 2. The van der Waals surface area contributed by atoms with Gasteiger partial charge in [0.05, 0.1) is 22.6 Å². The Balaban J connectivity index is 1.55. The van der Waals surface area contributed by atoms with Crippen molar-refractivity contribution in [1.82, 2.24) is 24.6 Å². The van der Waals surface area contributed by atoms with Crippen LogP contribution in [-0.4, -0.2) is 30.5 Å². The van der Waals surface area contributed by atoms with Crippen LogP contribution in [0, 0.1) is 12.7 Å². The molecule has 0 aliphatic carbocycles. The first-order chi connectivity index (χ1) is 15.9. The molecule has 33 heavy (non-hydrogen) atoms. The molecule has 2 aromatic carbocycles. The number of rotatable bonds is 4. The number of benzene rings is 2. The van der Waals surface area contributed by atoms with E-state index in [2.05, 4.69) is 30.7 Å². The van der Waals surface area contributed by atoms with Crippen molar-refractivity contribution in [3.05, 3.63) is 77.2 Å². The van der Waals surface area contributed by atoms with Gasteiger partial charge in [0.15, 0.2) is 23.0 Å². The number of nitrogens with zero attached hydrogens (tertiary/aromatic N) is 5. The van der Waals surface area contributed by atoms with Crippen LogP contribution in [0.3, 0.4) is 0 Å². The monoisotopic (exact) mass is 462 g/mol. The standard InChI is InChI=1S/C22H16ClFN8O/c1-11-5-6-13-12(7-8-26-20(13)30-15-4-2-3-14(23)17(15)24)18(11)31-22(33)16-9-27-21-19(25)28-10-29-32(16)21/h2-10H,1H3,(H,26,30)(H,31,33)(H2,25,28,29). The van der Waals surface area contributed by atoms with Crippen molar-refractivity contribution in [3.63, 3.8) is 0 Å². The van der Waals surface area contributed by atoms with Gasteiger partial charge in [-0.25, -0.2) is 23.9 Å². The molecule has 164 valence electrons. The predicted octanol–water partition coefficient (Wildman–Crippen LogP) is 4.35. The lowest BCUT2D eigenvalue weighted by molar-refractivity contribution is 0.102. The van der Waals surface area contributed by atoms with Gasteiger partial charge in [-0.05, 0) is 30.7 Å². The Morgan fingerprint density at radius 3 is 2.82 bits per heavy atom. The van der Waals surface area contributed by atoms with E-state index in [1.54, 1.807) is 24.4 Å². The van der Waals surface area contributed by atoms with Gasteiger partial charge in [0.1, 0.15) is 12.1 Å². The van der Waals surface area contributed by atoms with Gasteiger partial charge < -0.3 is 16.4 Å². The minimum absolute atomic E-state index is 0.00140. The van der Waals surface area contributed by atoms with Crippen LogP contribution in [0.5, 0.6) is 0 Å². The summed E-state index contributed by atoms with van der Waals surface area (Å²) >= 11 is 5.89. The molecule has 3 aromatic heterocycles. The third-order valence-electron chi connectivity index (χ3n) is 5.16. The van der Waals surface area contributed by atoms with Gasteiger partial charge in [-0.1, -0.05) is 29.8 Å². The molecule has 4 N–H and O–H groups in total. The molecule has 0 unspecified atom stereocenters. The van der Waals surface area contributed by atoms with Crippen LogP contribution in [-0.2, 0) is 0 Å². The molecule has 0 aliphatic rings. The number of hydrogen-bond donors (Lipinski definition) is 3. The maximum absolute atomic E-state index is 14.4. The quantitative estimate of drug-likeness (QED) is 0.362. The minimum atomic E-state index is -0.576. The molecule has 0 saturated heterocycles. The van der Waals surface area contributed by atoms with Crippen LogP contribution in [0.4, 0.5) is 27.4 Å². The second-order valence-corrected chi connectivity index (χ2v) is 7.62. The van der Waals surface area contributed by atoms with E-state index >= 15 is 0 Å². The van der Waals surface area contributed by atoms with Gasteiger partial charge in [-0.3, -0.25) is 4.79 Å². The van der Waals surface area contributed by atoms with Crippen LogP contribution in [0.1, 0.15) is 16.1 Å². The van der Waals surface area contributed by atoms with E-state index in [9.17, 15) is 9.18 Å². The van der Waals surface area contributed by atoms with E-state index < -0.39 is 11.7 Å². The van der Waals surface area contributed by atoms with E-state index in [0.717, 1.165) is 5.56 Å². The smallest absolute Gasteiger partial charge is 0.276 e. The van der Waals surface area contributed by atoms with E-state index in [-0.39, 0.29) is 27.9 Å². The first kappa shape index (κ1) is 20.6. The summed E-state index contributed by atoms with van der Waals surface area (Å²) in [7, 11) is 0. The fourth-order valence-electron chi connectivity index (χ4n) is 3.52. The van der Waals surface area contributed by atoms with E-state index in [0.29, 0.717) is 22.3 Å². The summed E-state index contributed by atoms with van der Waals surface area (Å²) in [4.78, 5) is 25.4. The predicted molar refractivity (Wildman–Crippen MR) is 124 cm³/mol. The maximum atomic E-state index is 14.4. The molecule has 0 saturated carbocycles. The van der Waals surface area contributed by atoms with Crippen LogP contribution in [0.25, 0.3) is 16.4 Å². The number of halogens is 2. The van der Waals surface area contributed by atoms with E-state index in [1.807, 2.05) is 19.1 Å². The molecule has 3 heterocycles. The molecular formula is C22H16ClFN8O. The number of aromatic nitrogens is 5. The number of anilines is 4. The third-order valence-corrected chi connectivity index (χ3v) is 5.45. The van der Waals surface area contributed by atoms with Crippen LogP contribution < -0.4 is 16.4 Å². The zero-order valence-electron chi connectivity index (χ0n) is 17.2. The number of hydrogen-bond acceptors (Lipinski definition) is 7. The number of imidazole rings is 1. The topological polar surface area (TPSA) is 123 Å². The summed E-state index contributed by atoms with van der Waals surface area (Å²) < 4.78 is 15.7. The summed E-state index contributed by atoms with van der Waals surface area (Å²) in [5.74, 6) is -0.421. The lowest BCUT2D eigenvalue weighted by atomic mass is 10.1. The molecule has 9 nitrogen and oxygen atoms in total. The first-order valence-electron chi connectivity index (χ1n) is 9.79. The van der Waals surface area contributed by atoms with Gasteiger partial charge in [-0.2, -0.15) is 5.10 Å². The molecule has 0 aliphatic heterocycles. The van der Waals surface area contributed by atoms with Crippen molar-refractivity contribution >= 4 is 56.9 Å². The average Bonchev–Trinajstić information content (AvgIpc) is 3.24. The Morgan fingerprint density at radius 2 is 1.97 bits per heavy atom. The van der Waals surface area contributed by atoms with Crippen molar-refractivity contribution in [3.8, 4) is 0 Å². The van der Waals surface area contributed by atoms with Crippen LogP contribution in [0.2, 0.25) is 5.02 Å². The van der Waals surface area contributed by atoms with Crippen LogP contribution in [0.15, 0.2) is 55.1 Å². The Morgan fingerprint density at radius 1 is 1.12 bits per heavy atom. The first-order valence-corrected chi connectivity index (χ1v) is 10.2.